The normalized spacial score (nSPS) is 15.1. The second kappa shape index (κ2) is 4.47. The molecule has 0 atom stereocenters. The molecule has 4 aromatic rings. The first-order chi connectivity index (χ1) is 11.2. The van der Waals surface area contributed by atoms with Crippen LogP contribution < -0.4 is 0 Å². The van der Waals surface area contributed by atoms with E-state index in [0.717, 1.165) is 29.4 Å². The lowest BCUT2D eigenvalue weighted by Crippen LogP contribution is -2.10. The second-order valence-corrected chi connectivity index (χ2v) is 6.47. The molecule has 0 spiro atoms. The van der Waals surface area contributed by atoms with Gasteiger partial charge in [0.2, 0.25) is 16.9 Å². The minimum atomic E-state index is 0.377. The van der Waals surface area contributed by atoms with Crippen molar-refractivity contribution in [3.8, 4) is 0 Å². The van der Waals surface area contributed by atoms with Crippen LogP contribution in [0.2, 0.25) is 0 Å². The van der Waals surface area contributed by atoms with Crippen molar-refractivity contribution >= 4 is 27.8 Å². The highest BCUT2D eigenvalue weighted by atomic mass is 16.3. The van der Waals surface area contributed by atoms with Gasteiger partial charge in [0.25, 0.3) is 0 Å². The van der Waals surface area contributed by atoms with E-state index >= 15 is 0 Å². The summed E-state index contributed by atoms with van der Waals surface area (Å²) in [6, 6.07) is 0. The summed E-state index contributed by atoms with van der Waals surface area (Å²) in [5.74, 6) is 0.377. The summed E-state index contributed by atoms with van der Waals surface area (Å²) < 4.78 is 7.57. The fourth-order valence-corrected chi connectivity index (χ4v) is 3.69. The van der Waals surface area contributed by atoms with E-state index in [1.165, 1.54) is 28.5 Å². The van der Waals surface area contributed by atoms with E-state index in [9.17, 15) is 0 Å². The van der Waals surface area contributed by atoms with Crippen LogP contribution in [0, 0.1) is 0 Å². The topological polar surface area (TPSA) is 82.0 Å². The van der Waals surface area contributed by atoms with E-state index in [1.54, 1.807) is 6.33 Å². The molecule has 7 heteroatoms. The molecule has 0 radical (unpaired) electrons. The predicted octanol–water partition coefficient (Wildman–Crippen LogP) is 2.82. The van der Waals surface area contributed by atoms with Crippen molar-refractivity contribution in [1.82, 2.24) is 30.0 Å². The van der Waals surface area contributed by atoms with Crippen molar-refractivity contribution in [2.45, 2.75) is 45.4 Å². The molecule has 116 valence electrons. The molecule has 4 aromatic heterocycles. The van der Waals surface area contributed by atoms with Crippen molar-refractivity contribution < 1.29 is 4.42 Å². The molecule has 5 rings (SSSR count). The Hall–Kier alpha value is -2.57. The third-order valence-electron chi connectivity index (χ3n) is 4.70. The lowest BCUT2D eigenvalue weighted by atomic mass is 9.86. The van der Waals surface area contributed by atoms with E-state index in [2.05, 4.69) is 34.4 Å². The van der Waals surface area contributed by atoms with Crippen molar-refractivity contribution in [2.75, 3.05) is 0 Å². The molecule has 4 heterocycles. The van der Waals surface area contributed by atoms with Gasteiger partial charge in [0.05, 0.1) is 11.1 Å². The van der Waals surface area contributed by atoms with Gasteiger partial charge in [0.15, 0.2) is 0 Å². The van der Waals surface area contributed by atoms with Crippen molar-refractivity contribution in [1.29, 1.82) is 0 Å². The van der Waals surface area contributed by atoms with Crippen molar-refractivity contribution in [3.63, 3.8) is 0 Å². The number of tetrazole rings is 1. The number of furan rings is 1. The summed E-state index contributed by atoms with van der Waals surface area (Å²) in [7, 11) is 0. The van der Waals surface area contributed by atoms with E-state index in [4.69, 9.17) is 9.40 Å². The molecule has 0 amide bonds. The number of hydrogen-bond donors (Lipinski definition) is 0. The largest absolute Gasteiger partial charge is 0.432 e. The van der Waals surface area contributed by atoms with Crippen LogP contribution in [0.25, 0.3) is 27.8 Å². The molecule has 0 aromatic carbocycles. The summed E-state index contributed by atoms with van der Waals surface area (Å²) in [4.78, 5) is 9.37. The zero-order valence-corrected chi connectivity index (χ0v) is 13.1. The van der Waals surface area contributed by atoms with Crippen LogP contribution in [0.3, 0.4) is 0 Å². The molecule has 23 heavy (non-hydrogen) atoms. The second-order valence-electron chi connectivity index (χ2n) is 6.47. The molecule has 0 bridgehead atoms. The molecule has 1 aliphatic carbocycles. The number of fused-ring (bicyclic) bond motifs is 7. The van der Waals surface area contributed by atoms with Crippen LogP contribution >= 0.6 is 0 Å². The molecule has 0 unspecified atom stereocenters. The summed E-state index contributed by atoms with van der Waals surface area (Å²) in [6.07, 6.45) is 6.21. The first-order valence-corrected chi connectivity index (χ1v) is 8.04. The van der Waals surface area contributed by atoms with Gasteiger partial charge in [-0.15, -0.1) is 5.10 Å². The van der Waals surface area contributed by atoms with Crippen LogP contribution in [0.1, 0.15) is 49.4 Å². The van der Waals surface area contributed by atoms with E-state index in [0.29, 0.717) is 22.9 Å². The summed E-state index contributed by atoms with van der Waals surface area (Å²) in [6.45, 7) is 4.37. The predicted molar refractivity (Wildman–Crippen MR) is 84.4 cm³/mol. The highest BCUT2D eigenvalue weighted by Crippen LogP contribution is 2.38. The highest BCUT2D eigenvalue weighted by Gasteiger charge is 2.25. The van der Waals surface area contributed by atoms with Crippen LogP contribution in [0.15, 0.2) is 10.7 Å². The lowest BCUT2D eigenvalue weighted by molar-refractivity contribution is 0.631. The summed E-state index contributed by atoms with van der Waals surface area (Å²) in [5.41, 5.74) is 6.59. The number of aryl methyl sites for hydroxylation is 1. The Balaban J connectivity index is 1.98. The van der Waals surface area contributed by atoms with Gasteiger partial charge in [-0.1, -0.05) is 13.8 Å². The van der Waals surface area contributed by atoms with Crippen molar-refractivity contribution in [2.24, 2.45) is 0 Å². The first kappa shape index (κ1) is 12.9. The van der Waals surface area contributed by atoms with Gasteiger partial charge in [0.1, 0.15) is 11.8 Å². The third-order valence-corrected chi connectivity index (χ3v) is 4.70. The summed E-state index contributed by atoms with van der Waals surface area (Å²) >= 11 is 0. The first-order valence-electron chi connectivity index (χ1n) is 8.04. The van der Waals surface area contributed by atoms with Gasteiger partial charge < -0.3 is 4.42 Å². The number of aromatic nitrogens is 6. The fraction of sp³-hybridized carbons (Fsp3) is 0.438. The summed E-state index contributed by atoms with van der Waals surface area (Å²) in [5, 5.41) is 12.7. The average molecular weight is 308 g/mol. The van der Waals surface area contributed by atoms with Crippen LogP contribution in [0.4, 0.5) is 0 Å². The van der Waals surface area contributed by atoms with Gasteiger partial charge in [0, 0.05) is 0 Å². The van der Waals surface area contributed by atoms with E-state index in [-0.39, 0.29) is 0 Å². The Morgan fingerprint density at radius 2 is 2.00 bits per heavy atom. The van der Waals surface area contributed by atoms with Gasteiger partial charge in [-0.2, -0.15) is 4.52 Å². The third kappa shape index (κ3) is 1.67. The Morgan fingerprint density at radius 1 is 1.17 bits per heavy atom. The van der Waals surface area contributed by atoms with E-state index in [1.807, 2.05) is 0 Å². The molecule has 0 fully saturated rings. The zero-order valence-electron chi connectivity index (χ0n) is 13.1. The Morgan fingerprint density at radius 3 is 2.83 bits per heavy atom. The Labute approximate surface area is 131 Å². The number of hydrogen-bond acceptors (Lipinski definition) is 6. The van der Waals surface area contributed by atoms with Crippen LogP contribution in [-0.2, 0) is 12.8 Å². The lowest BCUT2D eigenvalue weighted by Gasteiger charge is -2.21. The smallest absolute Gasteiger partial charge is 0.229 e. The fourth-order valence-electron chi connectivity index (χ4n) is 3.69. The number of pyridine rings is 1. The maximum Gasteiger partial charge on any atom is 0.229 e. The van der Waals surface area contributed by atoms with Gasteiger partial charge in [-0.05, 0) is 53.2 Å². The average Bonchev–Trinajstić information content (AvgIpc) is 3.17. The van der Waals surface area contributed by atoms with Crippen molar-refractivity contribution in [3.05, 3.63) is 23.1 Å². The maximum atomic E-state index is 6.04. The van der Waals surface area contributed by atoms with Crippen LogP contribution in [-0.4, -0.2) is 30.0 Å². The van der Waals surface area contributed by atoms with Gasteiger partial charge >= 0.3 is 0 Å². The molecular weight excluding hydrogens is 292 g/mol. The van der Waals surface area contributed by atoms with E-state index < -0.39 is 0 Å². The minimum Gasteiger partial charge on any atom is -0.432 e. The molecule has 1 aliphatic rings. The molecule has 0 aliphatic heterocycles. The van der Waals surface area contributed by atoms with Gasteiger partial charge in [-0.25, -0.2) is 9.97 Å². The Bertz CT molecular complexity index is 1060. The monoisotopic (exact) mass is 308 g/mol. The molecule has 0 saturated carbocycles. The van der Waals surface area contributed by atoms with Gasteiger partial charge in [-0.3, -0.25) is 0 Å². The SMILES string of the molecule is CC(C)c1nc2oc3c(ncn4nnnc34)c2c2c1CCCC2. The molecule has 0 N–H and O–H groups in total. The Kier molecular flexibility index (Phi) is 2.51. The minimum absolute atomic E-state index is 0.377. The molecule has 0 saturated heterocycles. The number of rotatable bonds is 1. The quantitative estimate of drug-likeness (QED) is 0.538. The zero-order chi connectivity index (χ0) is 15.6. The van der Waals surface area contributed by atoms with Crippen LogP contribution in [0.5, 0.6) is 0 Å². The maximum absolute atomic E-state index is 6.04. The standard InChI is InChI=1S/C16H16N6O/c1-8(2)12-10-6-4-3-5-9(10)11-13-14(23-16(11)18-12)15-19-20-21-22(15)7-17-13/h7-8H,3-6H2,1-2H3. The highest BCUT2D eigenvalue weighted by molar-refractivity contribution is 6.07. The number of nitrogens with zero attached hydrogens (tertiary/aromatic N) is 6. The molecular formula is C16H16N6O. The molecule has 7 nitrogen and oxygen atoms in total.